The van der Waals surface area contributed by atoms with E-state index in [1.54, 1.807) is 5.57 Å². The average molecular weight is 317 g/mol. The van der Waals surface area contributed by atoms with Gasteiger partial charge in [-0.2, -0.15) is 0 Å². The highest BCUT2D eigenvalue weighted by molar-refractivity contribution is 5.23. The second-order valence-electron chi connectivity index (χ2n) is 7.28. The van der Waals surface area contributed by atoms with Crippen molar-refractivity contribution in [3.8, 4) is 0 Å². The fourth-order valence-corrected chi connectivity index (χ4v) is 4.52. The Balaban J connectivity index is 1.58. The third-order valence-corrected chi connectivity index (χ3v) is 5.74. The molecule has 2 aromatic carbocycles. The zero-order valence-electron chi connectivity index (χ0n) is 14.4. The standard InChI is InChI=1S/C23H27N/c1-3-9-19(10-4-1)17-23-22-14-8-7-13-21(22)15-16-24(23)18-20-11-5-2-6-12-20/h1-6,9-13,22-23H,7-8,14-18H2/t22-,23-/m1/s1. The van der Waals surface area contributed by atoms with Gasteiger partial charge in [-0.05, 0) is 49.1 Å². The molecular formula is C23H27N. The van der Waals surface area contributed by atoms with E-state index in [2.05, 4.69) is 71.6 Å². The summed E-state index contributed by atoms with van der Waals surface area (Å²) in [5.74, 6) is 0.761. The summed E-state index contributed by atoms with van der Waals surface area (Å²) in [6.07, 6.45) is 9.01. The quantitative estimate of drug-likeness (QED) is 0.698. The molecule has 0 bridgehead atoms. The van der Waals surface area contributed by atoms with Gasteiger partial charge in [0.2, 0.25) is 0 Å². The number of benzene rings is 2. The number of hydrogen-bond acceptors (Lipinski definition) is 1. The Kier molecular flexibility index (Phi) is 4.80. The molecule has 1 saturated heterocycles. The predicted molar refractivity (Wildman–Crippen MR) is 101 cm³/mol. The van der Waals surface area contributed by atoms with Crippen LogP contribution < -0.4 is 0 Å². The van der Waals surface area contributed by atoms with Gasteiger partial charge in [-0.25, -0.2) is 0 Å². The number of rotatable bonds is 4. The zero-order valence-corrected chi connectivity index (χ0v) is 14.4. The molecule has 1 heteroatoms. The highest BCUT2D eigenvalue weighted by Gasteiger charge is 2.35. The first kappa shape index (κ1) is 15.7. The van der Waals surface area contributed by atoms with Crippen LogP contribution in [0.3, 0.4) is 0 Å². The van der Waals surface area contributed by atoms with Gasteiger partial charge < -0.3 is 0 Å². The lowest BCUT2D eigenvalue weighted by molar-refractivity contribution is 0.109. The Bertz CT molecular complexity index is 674. The smallest absolute Gasteiger partial charge is 0.0237 e. The first-order chi connectivity index (χ1) is 11.9. The minimum atomic E-state index is 0.646. The SMILES string of the molecule is C1=C2CCN(Cc3ccccc3)[C@H](Cc3ccccc3)[C@@H]2CCC1. The minimum Gasteiger partial charge on any atom is -0.295 e. The summed E-state index contributed by atoms with van der Waals surface area (Å²) in [7, 11) is 0. The lowest BCUT2D eigenvalue weighted by Crippen LogP contribution is -2.47. The van der Waals surface area contributed by atoms with Gasteiger partial charge in [-0.1, -0.05) is 72.3 Å². The van der Waals surface area contributed by atoms with Gasteiger partial charge in [0, 0.05) is 19.1 Å². The van der Waals surface area contributed by atoms with Crippen molar-refractivity contribution in [2.75, 3.05) is 6.54 Å². The molecule has 0 spiro atoms. The molecule has 1 fully saturated rings. The molecule has 24 heavy (non-hydrogen) atoms. The summed E-state index contributed by atoms with van der Waals surface area (Å²) in [6, 6.07) is 22.7. The molecule has 2 aromatic rings. The third kappa shape index (κ3) is 3.47. The Labute approximate surface area is 146 Å². The van der Waals surface area contributed by atoms with Crippen molar-refractivity contribution >= 4 is 0 Å². The monoisotopic (exact) mass is 317 g/mol. The summed E-state index contributed by atoms with van der Waals surface area (Å²) >= 11 is 0. The van der Waals surface area contributed by atoms with Crippen molar-refractivity contribution in [1.29, 1.82) is 0 Å². The first-order valence-corrected chi connectivity index (χ1v) is 9.41. The van der Waals surface area contributed by atoms with Gasteiger partial charge in [-0.3, -0.25) is 4.90 Å². The molecule has 0 N–H and O–H groups in total. The number of piperidine rings is 1. The van der Waals surface area contributed by atoms with Gasteiger partial charge >= 0.3 is 0 Å². The molecule has 0 radical (unpaired) electrons. The molecule has 2 atom stereocenters. The lowest BCUT2D eigenvalue weighted by atomic mass is 9.75. The van der Waals surface area contributed by atoms with Crippen molar-refractivity contribution < 1.29 is 0 Å². The van der Waals surface area contributed by atoms with E-state index in [1.165, 1.54) is 49.8 Å². The molecule has 0 saturated carbocycles. The Hall–Kier alpha value is -1.86. The van der Waals surface area contributed by atoms with Gasteiger partial charge in [-0.15, -0.1) is 0 Å². The molecule has 0 unspecified atom stereocenters. The highest BCUT2D eigenvalue weighted by atomic mass is 15.2. The van der Waals surface area contributed by atoms with Crippen LogP contribution in [0, 0.1) is 5.92 Å². The van der Waals surface area contributed by atoms with Crippen molar-refractivity contribution in [2.24, 2.45) is 5.92 Å². The normalized spacial score (nSPS) is 24.2. The van der Waals surface area contributed by atoms with Crippen LogP contribution in [-0.4, -0.2) is 17.5 Å². The van der Waals surface area contributed by atoms with Crippen LogP contribution in [0.25, 0.3) is 0 Å². The maximum absolute atomic E-state index is 2.75. The van der Waals surface area contributed by atoms with E-state index in [0.717, 1.165) is 12.5 Å². The predicted octanol–water partition coefficient (Wildman–Crippen LogP) is 5.23. The number of nitrogens with zero attached hydrogens (tertiary/aromatic N) is 1. The van der Waals surface area contributed by atoms with E-state index in [1.807, 2.05) is 0 Å². The largest absolute Gasteiger partial charge is 0.295 e. The van der Waals surface area contributed by atoms with Crippen LogP contribution in [0.1, 0.15) is 36.8 Å². The van der Waals surface area contributed by atoms with E-state index < -0.39 is 0 Å². The van der Waals surface area contributed by atoms with Crippen LogP contribution in [-0.2, 0) is 13.0 Å². The van der Waals surface area contributed by atoms with E-state index in [0.29, 0.717) is 6.04 Å². The van der Waals surface area contributed by atoms with Gasteiger partial charge in [0.05, 0.1) is 0 Å². The molecule has 0 aromatic heterocycles. The molecule has 1 heterocycles. The van der Waals surface area contributed by atoms with Crippen LogP contribution >= 0.6 is 0 Å². The van der Waals surface area contributed by atoms with E-state index >= 15 is 0 Å². The average Bonchev–Trinajstić information content (AvgIpc) is 2.65. The van der Waals surface area contributed by atoms with Crippen LogP contribution in [0.15, 0.2) is 72.3 Å². The number of likely N-dealkylation sites (tertiary alicyclic amines) is 1. The van der Waals surface area contributed by atoms with E-state index in [9.17, 15) is 0 Å². The van der Waals surface area contributed by atoms with Crippen LogP contribution in [0.4, 0.5) is 0 Å². The number of allylic oxidation sites excluding steroid dienone is 1. The maximum atomic E-state index is 2.75. The summed E-state index contributed by atoms with van der Waals surface area (Å²) in [6.45, 7) is 2.29. The lowest BCUT2D eigenvalue weighted by Gasteiger charge is -2.44. The second-order valence-corrected chi connectivity index (χ2v) is 7.28. The Morgan fingerprint density at radius 2 is 1.58 bits per heavy atom. The Morgan fingerprint density at radius 3 is 2.33 bits per heavy atom. The van der Waals surface area contributed by atoms with Gasteiger partial charge in [0.15, 0.2) is 0 Å². The fourth-order valence-electron chi connectivity index (χ4n) is 4.52. The molecule has 4 rings (SSSR count). The van der Waals surface area contributed by atoms with Crippen LogP contribution in [0.2, 0.25) is 0 Å². The molecule has 0 amide bonds. The van der Waals surface area contributed by atoms with Crippen molar-refractivity contribution in [1.82, 2.24) is 4.90 Å². The van der Waals surface area contributed by atoms with Crippen molar-refractivity contribution in [3.63, 3.8) is 0 Å². The summed E-state index contributed by atoms with van der Waals surface area (Å²) in [4.78, 5) is 2.75. The zero-order chi connectivity index (χ0) is 16.2. The van der Waals surface area contributed by atoms with E-state index in [-0.39, 0.29) is 0 Å². The van der Waals surface area contributed by atoms with Crippen LogP contribution in [0.5, 0.6) is 0 Å². The summed E-state index contributed by atoms with van der Waals surface area (Å²) < 4.78 is 0. The maximum Gasteiger partial charge on any atom is 0.0237 e. The molecule has 124 valence electrons. The molecular weight excluding hydrogens is 290 g/mol. The Morgan fingerprint density at radius 1 is 0.875 bits per heavy atom. The molecule has 2 aliphatic rings. The first-order valence-electron chi connectivity index (χ1n) is 9.41. The van der Waals surface area contributed by atoms with E-state index in [4.69, 9.17) is 0 Å². The van der Waals surface area contributed by atoms with Crippen molar-refractivity contribution in [2.45, 2.75) is 44.7 Å². The fraction of sp³-hybridized carbons (Fsp3) is 0.391. The highest BCUT2D eigenvalue weighted by Crippen LogP contribution is 2.38. The topological polar surface area (TPSA) is 3.24 Å². The third-order valence-electron chi connectivity index (χ3n) is 5.74. The summed E-state index contributed by atoms with van der Waals surface area (Å²) in [5.41, 5.74) is 4.66. The number of hydrogen-bond donors (Lipinski definition) is 0. The molecule has 1 nitrogen and oxygen atoms in total. The molecule has 1 aliphatic heterocycles. The number of fused-ring (bicyclic) bond motifs is 1. The second kappa shape index (κ2) is 7.36. The van der Waals surface area contributed by atoms with Gasteiger partial charge in [0.25, 0.3) is 0 Å². The van der Waals surface area contributed by atoms with Crippen molar-refractivity contribution in [3.05, 3.63) is 83.4 Å². The minimum absolute atomic E-state index is 0.646. The summed E-state index contributed by atoms with van der Waals surface area (Å²) in [5, 5.41) is 0. The molecule has 1 aliphatic carbocycles. The van der Waals surface area contributed by atoms with Gasteiger partial charge in [0.1, 0.15) is 0 Å².